The molecule has 1 aliphatic rings. The van der Waals surface area contributed by atoms with Crippen LogP contribution in [0.4, 0.5) is 4.79 Å². The molecule has 28 heavy (non-hydrogen) atoms. The largest absolute Gasteiger partial charge is 0.454 e. The van der Waals surface area contributed by atoms with Gasteiger partial charge in [-0.1, -0.05) is 30.3 Å². The van der Waals surface area contributed by atoms with Crippen molar-refractivity contribution in [1.82, 2.24) is 10.7 Å². The molecular weight excluding hydrogens is 362 g/mol. The lowest BCUT2D eigenvalue weighted by atomic mass is 10.0. The highest BCUT2D eigenvalue weighted by molar-refractivity contribution is 5.83. The number of carbonyl (C=O) groups is 2. The number of nitrogens with one attached hydrogen (secondary N) is 2. The number of hydrazone groups is 1. The van der Waals surface area contributed by atoms with Crippen molar-refractivity contribution in [1.29, 1.82) is 0 Å². The van der Waals surface area contributed by atoms with Crippen LogP contribution in [-0.4, -0.2) is 31.6 Å². The number of rotatable bonds is 7. The maximum absolute atomic E-state index is 12.3. The fraction of sp³-hybridized carbons (Fsp3) is 0.250. The smallest absolute Gasteiger partial charge is 0.407 e. The summed E-state index contributed by atoms with van der Waals surface area (Å²) < 4.78 is 15.5. The molecule has 0 aliphatic carbocycles. The van der Waals surface area contributed by atoms with E-state index in [4.69, 9.17) is 14.2 Å². The highest BCUT2D eigenvalue weighted by Gasteiger charge is 2.19. The molecule has 2 amide bonds. The molecule has 3 rings (SSSR count). The topological polar surface area (TPSA) is 98.2 Å². The van der Waals surface area contributed by atoms with Gasteiger partial charge in [-0.3, -0.25) is 4.79 Å². The van der Waals surface area contributed by atoms with E-state index in [1.807, 2.05) is 30.3 Å². The number of hydrogen-bond donors (Lipinski definition) is 2. The van der Waals surface area contributed by atoms with Crippen LogP contribution in [-0.2, 0) is 9.53 Å². The quantitative estimate of drug-likeness (QED) is 0.566. The van der Waals surface area contributed by atoms with Gasteiger partial charge in [-0.15, -0.1) is 0 Å². The summed E-state index contributed by atoms with van der Waals surface area (Å²) in [7, 11) is 0. The van der Waals surface area contributed by atoms with Crippen molar-refractivity contribution in [3.05, 3.63) is 59.7 Å². The van der Waals surface area contributed by atoms with Gasteiger partial charge in [0.1, 0.15) is 0 Å². The highest BCUT2D eigenvalue weighted by atomic mass is 16.7. The van der Waals surface area contributed by atoms with Crippen LogP contribution in [0.2, 0.25) is 0 Å². The number of alkyl carbamates (subject to hydrolysis) is 1. The van der Waals surface area contributed by atoms with Crippen LogP contribution in [0.5, 0.6) is 11.5 Å². The van der Waals surface area contributed by atoms with Gasteiger partial charge in [-0.05, 0) is 36.2 Å². The van der Waals surface area contributed by atoms with E-state index in [0.717, 1.165) is 11.1 Å². The van der Waals surface area contributed by atoms with Crippen molar-refractivity contribution in [2.45, 2.75) is 19.4 Å². The second-order valence-corrected chi connectivity index (χ2v) is 5.94. The first kappa shape index (κ1) is 19.2. The third kappa shape index (κ3) is 5.23. The van der Waals surface area contributed by atoms with Crippen LogP contribution in [0, 0.1) is 0 Å². The molecule has 0 fully saturated rings. The number of ether oxygens (including phenoxy) is 3. The molecule has 8 nitrogen and oxygen atoms in total. The van der Waals surface area contributed by atoms with Gasteiger partial charge in [0.15, 0.2) is 11.5 Å². The second-order valence-electron chi connectivity index (χ2n) is 5.94. The molecule has 0 unspecified atom stereocenters. The van der Waals surface area contributed by atoms with E-state index < -0.39 is 12.1 Å². The Balaban J connectivity index is 1.59. The van der Waals surface area contributed by atoms with E-state index in [0.29, 0.717) is 11.5 Å². The zero-order chi connectivity index (χ0) is 19.8. The predicted molar refractivity (Wildman–Crippen MR) is 102 cm³/mol. The van der Waals surface area contributed by atoms with E-state index in [9.17, 15) is 9.59 Å². The first-order valence-corrected chi connectivity index (χ1v) is 8.85. The summed E-state index contributed by atoms with van der Waals surface area (Å²) in [6.45, 7) is 2.16. The van der Waals surface area contributed by atoms with Gasteiger partial charge >= 0.3 is 6.09 Å². The van der Waals surface area contributed by atoms with E-state index in [1.54, 1.807) is 25.1 Å². The normalized spacial score (nSPS) is 13.2. The molecule has 146 valence electrons. The minimum Gasteiger partial charge on any atom is -0.454 e. The minimum atomic E-state index is -0.576. The van der Waals surface area contributed by atoms with Crippen molar-refractivity contribution in [2.75, 3.05) is 13.4 Å². The summed E-state index contributed by atoms with van der Waals surface area (Å²) in [6.07, 6.45) is 0.949. The van der Waals surface area contributed by atoms with Crippen LogP contribution in [0.25, 0.3) is 0 Å². The van der Waals surface area contributed by atoms with Crippen LogP contribution >= 0.6 is 0 Å². The summed E-state index contributed by atoms with van der Waals surface area (Å²) in [5.41, 5.74) is 4.03. The van der Waals surface area contributed by atoms with E-state index in [1.165, 1.54) is 6.21 Å². The molecule has 0 bridgehead atoms. The van der Waals surface area contributed by atoms with Crippen LogP contribution in [0.15, 0.2) is 53.6 Å². The Morgan fingerprint density at radius 1 is 1.18 bits per heavy atom. The average molecular weight is 383 g/mol. The van der Waals surface area contributed by atoms with Gasteiger partial charge in [0.05, 0.1) is 25.3 Å². The number of carbonyl (C=O) groups excluding carboxylic acids is 2. The third-order valence-electron chi connectivity index (χ3n) is 3.96. The monoisotopic (exact) mass is 383 g/mol. The van der Waals surface area contributed by atoms with Gasteiger partial charge in [-0.2, -0.15) is 5.10 Å². The SMILES string of the molecule is CCOC(=O)N[C@H](CC(=O)N/N=C\c1ccc2c(c1)OCO2)c1ccccc1. The molecule has 1 heterocycles. The molecule has 8 heteroatoms. The zero-order valence-electron chi connectivity index (χ0n) is 15.4. The summed E-state index contributed by atoms with van der Waals surface area (Å²) in [5, 5.41) is 6.66. The summed E-state index contributed by atoms with van der Waals surface area (Å²) in [5.74, 6) is 0.970. The Kier molecular flexibility index (Phi) is 6.46. The van der Waals surface area contributed by atoms with Crippen molar-refractivity contribution < 1.29 is 23.8 Å². The Labute approximate surface area is 162 Å². The molecule has 0 radical (unpaired) electrons. The molecule has 1 atom stereocenters. The van der Waals surface area contributed by atoms with Crippen molar-refractivity contribution >= 4 is 18.2 Å². The Bertz CT molecular complexity index is 854. The molecule has 0 spiro atoms. The van der Waals surface area contributed by atoms with Crippen LogP contribution in [0.3, 0.4) is 0 Å². The Morgan fingerprint density at radius 3 is 2.75 bits per heavy atom. The highest BCUT2D eigenvalue weighted by Crippen LogP contribution is 2.31. The number of nitrogens with zero attached hydrogens (tertiary/aromatic N) is 1. The number of hydrogen-bond acceptors (Lipinski definition) is 6. The zero-order valence-corrected chi connectivity index (χ0v) is 15.4. The van der Waals surface area contributed by atoms with Crippen LogP contribution < -0.4 is 20.2 Å². The van der Waals surface area contributed by atoms with E-state index in [2.05, 4.69) is 15.8 Å². The van der Waals surface area contributed by atoms with Gasteiger partial charge < -0.3 is 19.5 Å². The lowest BCUT2D eigenvalue weighted by Crippen LogP contribution is -2.33. The van der Waals surface area contributed by atoms with Gasteiger partial charge in [-0.25, -0.2) is 10.2 Å². The lowest BCUT2D eigenvalue weighted by molar-refractivity contribution is -0.121. The maximum Gasteiger partial charge on any atom is 0.407 e. The molecule has 2 aromatic rings. The van der Waals surface area contributed by atoms with Crippen molar-refractivity contribution in [3.8, 4) is 11.5 Å². The van der Waals surface area contributed by atoms with Crippen molar-refractivity contribution in [2.24, 2.45) is 5.10 Å². The molecule has 1 aliphatic heterocycles. The summed E-state index contributed by atoms with van der Waals surface area (Å²) in [4.78, 5) is 24.1. The molecule has 0 aromatic heterocycles. The first-order chi connectivity index (χ1) is 13.7. The van der Waals surface area contributed by atoms with Crippen LogP contribution in [0.1, 0.15) is 30.5 Å². The fourth-order valence-electron chi connectivity index (χ4n) is 2.66. The fourth-order valence-corrected chi connectivity index (χ4v) is 2.66. The number of fused-ring (bicyclic) bond motifs is 1. The van der Waals surface area contributed by atoms with E-state index >= 15 is 0 Å². The standard InChI is InChI=1S/C20H21N3O5/c1-2-26-20(25)22-16(15-6-4-3-5-7-15)11-19(24)23-21-12-14-8-9-17-18(10-14)28-13-27-17/h3-10,12,16H,2,11,13H2,1H3,(H,22,25)(H,23,24)/b21-12-/t16-/m1/s1. The molecule has 2 aromatic carbocycles. The Morgan fingerprint density at radius 2 is 1.96 bits per heavy atom. The molecule has 2 N–H and O–H groups in total. The van der Waals surface area contributed by atoms with E-state index in [-0.39, 0.29) is 25.7 Å². The van der Waals surface area contributed by atoms with Gasteiger partial charge in [0.2, 0.25) is 12.7 Å². The number of benzene rings is 2. The second kappa shape index (κ2) is 9.40. The maximum atomic E-state index is 12.3. The predicted octanol–water partition coefficient (Wildman–Crippen LogP) is 2.74. The molecular formula is C20H21N3O5. The third-order valence-corrected chi connectivity index (χ3v) is 3.96. The van der Waals surface area contributed by atoms with Gasteiger partial charge in [0.25, 0.3) is 0 Å². The van der Waals surface area contributed by atoms with Gasteiger partial charge in [0, 0.05) is 0 Å². The Hall–Kier alpha value is -3.55. The average Bonchev–Trinajstić information content (AvgIpc) is 3.16. The van der Waals surface area contributed by atoms with Crippen molar-refractivity contribution in [3.63, 3.8) is 0 Å². The minimum absolute atomic E-state index is 0.0152. The summed E-state index contributed by atoms with van der Waals surface area (Å²) >= 11 is 0. The lowest BCUT2D eigenvalue weighted by Gasteiger charge is -2.18. The number of amides is 2. The first-order valence-electron chi connectivity index (χ1n) is 8.85. The summed E-state index contributed by atoms with van der Waals surface area (Å²) in [6, 6.07) is 14.0. The molecule has 0 saturated heterocycles. The molecule has 0 saturated carbocycles.